The van der Waals surface area contributed by atoms with Crippen LogP contribution in [0, 0.1) is 12.1 Å². The molecule has 0 aliphatic carbocycles. The molecule has 5 nitrogen and oxygen atoms in total. The first-order valence-electron chi connectivity index (χ1n) is 8.67. The smallest absolute Gasteiger partial charge is 0.120 e. The summed E-state index contributed by atoms with van der Waals surface area (Å²) in [6, 6.07) is 9.82. The molecule has 0 spiro atoms. The highest BCUT2D eigenvalue weighted by atomic mass is 15.1. The van der Waals surface area contributed by atoms with E-state index in [4.69, 9.17) is 0 Å². The van der Waals surface area contributed by atoms with E-state index in [9.17, 15) is 0 Å². The predicted molar refractivity (Wildman–Crippen MR) is 97.9 cm³/mol. The van der Waals surface area contributed by atoms with E-state index in [1.807, 2.05) is 30.5 Å². The SMILES string of the molecule is CC1CCN(c2ccc(-c3[c]nc(-c4ccccn4)cn3)nc2)CC1. The molecule has 0 atom stereocenters. The molecule has 0 bridgehead atoms. The van der Waals surface area contributed by atoms with E-state index in [0.717, 1.165) is 30.4 Å². The van der Waals surface area contributed by atoms with Crippen molar-refractivity contribution >= 4 is 5.69 Å². The monoisotopic (exact) mass is 330 g/mol. The molecule has 0 aromatic carbocycles. The molecule has 4 heterocycles. The maximum absolute atomic E-state index is 4.55. The summed E-state index contributed by atoms with van der Waals surface area (Å²) in [6.45, 7) is 4.53. The number of piperidine rings is 1. The van der Waals surface area contributed by atoms with Crippen LogP contribution in [0.2, 0.25) is 0 Å². The molecule has 3 aromatic rings. The van der Waals surface area contributed by atoms with Gasteiger partial charge in [0.1, 0.15) is 17.6 Å². The molecule has 1 fully saturated rings. The third kappa shape index (κ3) is 3.50. The van der Waals surface area contributed by atoms with Crippen molar-refractivity contribution in [2.45, 2.75) is 19.8 Å². The van der Waals surface area contributed by atoms with Crippen LogP contribution in [-0.4, -0.2) is 33.0 Å². The number of pyridine rings is 2. The lowest BCUT2D eigenvalue weighted by atomic mass is 9.99. The average Bonchev–Trinajstić information content (AvgIpc) is 2.70. The number of hydrogen-bond donors (Lipinski definition) is 0. The van der Waals surface area contributed by atoms with Crippen LogP contribution in [0.25, 0.3) is 22.8 Å². The first-order valence-corrected chi connectivity index (χ1v) is 8.67. The predicted octanol–water partition coefficient (Wildman–Crippen LogP) is 3.64. The van der Waals surface area contributed by atoms with Crippen molar-refractivity contribution in [3.63, 3.8) is 0 Å². The third-order valence-electron chi connectivity index (χ3n) is 4.66. The van der Waals surface area contributed by atoms with Crippen molar-refractivity contribution in [2.75, 3.05) is 18.0 Å². The highest BCUT2D eigenvalue weighted by Crippen LogP contribution is 2.24. The largest absolute Gasteiger partial charge is 0.370 e. The Morgan fingerprint density at radius 2 is 1.80 bits per heavy atom. The summed E-state index contributed by atoms with van der Waals surface area (Å²) in [6.07, 6.45) is 10.9. The number of rotatable bonds is 3. The number of aromatic nitrogens is 4. The fraction of sp³-hybridized carbons (Fsp3) is 0.300. The molecule has 0 amide bonds. The van der Waals surface area contributed by atoms with Crippen LogP contribution in [0.5, 0.6) is 0 Å². The van der Waals surface area contributed by atoms with E-state index in [1.54, 1.807) is 12.4 Å². The minimum atomic E-state index is 0.651. The summed E-state index contributed by atoms with van der Waals surface area (Å²) >= 11 is 0. The molecule has 1 radical (unpaired) electrons. The first-order chi connectivity index (χ1) is 12.3. The highest BCUT2D eigenvalue weighted by Gasteiger charge is 2.16. The van der Waals surface area contributed by atoms with Crippen LogP contribution in [0.3, 0.4) is 0 Å². The molecular weight excluding hydrogens is 310 g/mol. The van der Waals surface area contributed by atoms with Gasteiger partial charge >= 0.3 is 0 Å². The van der Waals surface area contributed by atoms with E-state index in [1.165, 1.54) is 18.5 Å². The van der Waals surface area contributed by atoms with E-state index in [0.29, 0.717) is 11.4 Å². The van der Waals surface area contributed by atoms with Crippen LogP contribution >= 0.6 is 0 Å². The lowest BCUT2D eigenvalue weighted by Gasteiger charge is -2.31. The van der Waals surface area contributed by atoms with E-state index in [2.05, 4.69) is 44.0 Å². The maximum atomic E-state index is 4.55. The standard InChI is InChI=1S/C20H20N5/c1-15-7-10-25(11-8-15)16-5-6-18(22-12-16)20-14-23-19(13-24-20)17-4-2-3-9-21-17/h2-6,9,12-13,15H,7-8,10-11H2,1H3. The quantitative estimate of drug-likeness (QED) is 0.734. The summed E-state index contributed by atoms with van der Waals surface area (Å²) in [5.41, 5.74) is 4.12. The molecule has 5 heteroatoms. The van der Waals surface area contributed by atoms with Gasteiger partial charge in [-0.05, 0) is 43.0 Å². The topological polar surface area (TPSA) is 54.8 Å². The van der Waals surface area contributed by atoms with Crippen LogP contribution in [0.4, 0.5) is 5.69 Å². The Labute approximate surface area is 147 Å². The molecule has 1 aliphatic heterocycles. The van der Waals surface area contributed by atoms with Crippen LogP contribution in [0.15, 0.2) is 48.9 Å². The molecule has 0 N–H and O–H groups in total. The zero-order valence-electron chi connectivity index (χ0n) is 14.3. The second-order valence-corrected chi connectivity index (χ2v) is 6.50. The van der Waals surface area contributed by atoms with Gasteiger partial charge in [0, 0.05) is 19.3 Å². The zero-order chi connectivity index (χ0) is 17.1. The second-order valence-electron chi connectivity index (χ2n) is 6.50. The van der Waals surface area contributed by atoms with Gasteiger partial charge in [-0.2, -0.15) is 0 Å². The summed E-state index contributed by atoms with van der Waals surface area (Å²) in [5.74, 6) is 0.825. The molecule has 0 unspecified atom stereocenters. The molecule has 0 saturated carbocycles. The van der Waals surface area contributed by atoms with Gasteiger partial charge in [0.15, 0.2) is 0 Å². The summed E-state index contributed by atoms with van der Waals surface area (Å²) in [7, 11) is 0. The molecule has 1 saturated heterocycles. The van der Waals surface area contributed by atoms with Crippen molar-refractivity contribution in [3.8, 4) is 22.8 Å². The molecule has 4 rings (SSSR count). The van der Waals surface area contributed by atoms with Crippen LogP contribution in [0.1, 0.15) is 19.8 Å². The van der Waals surface area contributed by atoms with E-state index in [-0.39, 0.29) is 0 Å². The average molecular weight is 330 g/mol. The van der Waals surface area contributed by atoms with E-state index < -0.39 is 0 Å². The second kappa shape index (κ2) is 6.97. The first kappa shape index (κ1) is 15.7. The van der Waals surface area contributed by atoms with Gasteiger partial charge in [-0.25, -0.2) is 9.97 Å². The summed E-state index contributed by atoms with van der Waals surface area (Å²) in [5, 5.41) is 0. The molecule has 3 aromatic heterocycles. The number of anilines is 1. The zero-order valence-corrected chi connectivity index (χ0v) is 14.3. The van der Waals surface area contributed by atoms with Crippen molar-refractivity contribution in [1.82, 2.24) is 19.9 Å². The van der Waals surface area contributed by atoms with Crippen LogP contribution in [-0.2, 0) is 0 Å². The summed E-state index contributed by atoms with van der Waals surface area (Å²) in [4.78, 5) is 20.0. The lowest BCUT2D eigenvalue weighted by Crippen LogP contribution is -2.32. The van der Waals surface area contributed by atoms with Crippen LogP contribution < -0.4 is 4.90 Å². The van der Waals surface area contributed by atoms with Crippen molar-refractivity contribution in [2.24, 2.45) is 5.92 Å². The Morgan fingerprint density at radius 1 is 0.920 bits per heavy atom. The Hall–Kier alpha value is -2.82. The normalized spacial score (nSPS) is 15.3. The number of nitrogens with zero attached hydrogens (tertiary/aromatic N) is 5. The fourth-order valence-electron chi connectivity index (χ4n) is 3.04. The Bertz CT molecular complexity index is 807. The van der Waals surface area contributed by atoms with Gasteiger partial charge in [0.25, 0.3) is 0 Å². The molecule has 1 aliphatic rings. The van der Waals surface area contributed by atoms with Gasteiger partial charge < -0.3 is 4.90 Å². The van der Waals surface area contributed by atoms with Crippen molar-refractivity contribution in [1.29, 1.82) is 0 Å². The third-order valence-corrected chi connectivity index (χ3v) is 4.66. The van der Waals surface area contributed by atoms with Gasteiger partial charge in [-0.15, -0.1) is 0 Å². The van der Waals surface area contributed by atoms with Gasteiger partial charge in [0.05, 0.1) is 29.5 Å². The minimum Gasteiger partial charge on any atom is -0.370 e. The molecule has 125 valence electrons. The highest BCUT2D eigenvalue weighted by molar-refractivity contribution is 5.59. The van der Waals surface area contributed by atoms with Gasteiger partial charge in [0.2, 0.25) is 0 Å². The molecular formula is C20H20N5. The Balaban J connectivity index is 1.50. The van der Waals surface area contributed by atoms with E-state index >= 15 is 0 Å². The Morgan fingerprint density at radius 3 is 2.44 bits per heavy atom. The maximum Gasteiger partial charge on any atom is 0.120 e. The van der Waals surface area contributed by atoms with Crippen molar-refractivity contribution in [3.05, 3.63) is 55.1 Å². The Kier molecular flexibility index (Phi) is 4.37. The van der Waals surface area contributed by atoms with Crippen molar-refractivity contribution < 1.29 is 0 Å². The van der Waals surface area contributed by atoms with Gasteiger partial charge in [-0.3, -0.25) is 9.97 Å². The fourth-order valence-corrected chi connectivity index (χ4v) is 3.04. The number of hydrogen-bond acceptors (Lipinski definition) is 5. The molecule has 25 heavy (non-hydrogen) atoms. The lowest BCUT2D eigenvalue weighted by molar-refractivity contribution is 0.438. The minimum absolute atomic E-state index is 0.651. The van der Waals surface area contributed by atoms with Gasteiger partial charge in [-0.1, -0.05) is 13.0 Å². The summed E-state index contributed by atoms with van der Waals surface area (Å²) < 4.78 is 0.